The first kappa shape index (κ1) is 14.3. The van der Waals surface area contributed by atoms with Crippen LogP contribution in [0.1, 0.15) is 46.5 Å². The van der Waals surface area contributed by atoms with Gasteiger partial charge in [-0.1, -0.05) is 26.7 Å². The molecule has 0 aliphatic heterocycles. The van der Waals surface area contributed by atoms with E-state index in [0.717, 1.165) is 6.42 Å². The summed E-state index contributed by atoms with van der Waals surface area (Å²) in [6, 6.07) is 0.632. The van der Waals surface area contributed by atoms with Crippen molar-refractivity contribution >= 4 is 17.5 Å². The number of hydrogen-bond donors (Lipinski definition) is 1. The number of rotatable bonds is 4. The van der Waals surface area contributed by atoms with Gasteiger partial charge in [0, 0.05) is 6.04 Å². The molecule has 0 radical (unpaired) electrons. The predicted molar refractivity (Wildman–Crippen MR) is 75.7 cm³/mol. The minimum atomic E-state index is 0.162. The van der Waals surface area contributed by atoms with Crippen LogP contribution in [0.25, 0.3) is 0 Å². The van der Waals surface area contributed by atoms with E-state index in [1.165, 1.54) is 19.3 Å². The second-order valence-electron chi connectivity index (χ2n) is 5.57. The average molecular weight is 285 g/mol. The molecule has 1 N–H and O–H groups in total. The molecule has 1 heterocycles. The molecular formula is C13H21ClN4O. The number of nitrogens with zero attached hydrogens (tertiary/aromatic N) is 3. The van der Waals surface area contributed by atoms with Crippen molar-refractivity contribution in [3.8, 4) is 6.01 Å². The zero-order valence-corrected chi connectivity index (χ0v) is 12.5. The van der Waals surface area contributed by atoms with Crippen molar-refractivity contribution in [3.63, 3.8) is 0 Å². The van der Waals surface area contributed by atoms with Gasteiger partial charge in [-0.15, -0.1) is 0 Å². The Morgan fingerprint density at radius 3 is 2.79 bits per heavy atom. The van der Waals surface area contributed by atoms with E-state index in [0.29, 0.717) is 18.6 Å². The highest BCUT2D eigenvalue weighted by Crippen LogP contribution is 2.36. The molecular weight excluding hydrogens is 264 g/mol. The molecule has 19 heavy (non-hydrogen) atoms. The van der Waals surface area contributed by atoms with E-state index in [2.05, 4.69) is 34.1 Å². The molecule has 1 unspecified atom stereocenters. The van der Waals surface area contributed by atoms with E-state index in [1.54, 1.807) is 0 Å². The fourth-order valence-electron chi connectivity index (χ4n) is 2.51. The van der Waals surface area contributed by atoms with Gasteiger partial charge in [-0.2, -0.15) is 15.0 Å². The number of hydrogen-bond acceptors (Lipinski definition) is 5. The number of nitrogens with one attached hydrogen (secondary N) is 1. The Bertz CT molecular complexity index is 439. The SMILES string of the molecule is CCOc1nc(Cl)nc(NC2CCCCC2(C)C)n1. The maximum absolute atomic E-state index is 5.89. The summed E-state index contributed by atoms with van der Waals surface area (Å²) in [7, 11) is 0. The van der Waals surface area contributed by atoms with E-state index >= 15 is 0 Å². The van der Waals surface area contributed by atoms with Crippen molar-refractivity contribution in [2.45, 2.75) is 52.5 Å². The van der Waals surface area contributed by atoms with Crippen molar-refractivity contribution in [3.05, 3.63) is 5.28 Å². The Hall–Kier alpha value is -1.10. The molecule has 106 valence electrons. The summed E-state index contributed by atoms with van der Waals surface area (Å²) in [4.78, 5) is 12.3. The molecule has 1 atom stereocenters. The summed E-state index contributed by atoms with van der Waals surface area (Å²) in [6.07, 6.45) is 4.85. The lowest BCUT2D eigenvalue weighted by Gasteiger charge is -2.39. The van der Waals surface area contributed by atoms with Gasteiger partial charge in [-0.05, 0) is 36.8 Å². The molecule has 5 nitrogen and oxygen atoms in total. The third kappa shape index (κ3) is 3.69. The fourth-order valence-corrected chi connectivity index (χ4v) is 2.66. The van der Waals surface area contributed by atoms with Crippen LogP contribution in [-0.4, -0.2) is 27.6 Å². The van der Waals surface area contributed by atoms with Crippen LogP contribution in [0.2, 0.25) is 5.28 Å². The summed E-state index contributed by atoms with van der Waals surface area (Å²) < 4.78 is 5.28. The van der Waals surface area contributed by atoms with Gasteiger partial charge >= 0.3 is 6.01 Å². The van der Waals surface area contributed by atoms with Gasteiger partial charge < -0.3 is 10.1 Å². The Labute approximate surface area is 119 Å². The van der Waals surface area contributed by atoms with Crippen LogP contribution >= 0.6 is 11.6 Å². The lowest BCUT2D eigenvalue weighted by molar-refractivity contribution is 0.216. The number of anilines is 1. The van der Waals surface area contributed by atoms with E-state index in [9.17, 15) is 0 Å². The molecule has 0 spiro atoms. The van der Waals surface area contributed by atoms with Crippen LogP contribution in [-0.2, 0) is 0 Å². The molecule has 1 saturated carbocycles. The second-order valence-corrected chi connectivity index (χ2v) is 5.91. The summed E-state index contributed by atoms with van der Waals surface area (Å²) in [5, 5.41) is 3.55. The molecule has 1 aromatic heterocycles. The molecule has 1 fully saturated rings. The average Bonchev–Trinajstić information content (AvgIpc) is 2.31. The van der Waals surface area contributed by atoms with Crippen LogP contribution in [0.15, 0.2) is 0 Å². The third-order valence-electron chi connectivity index (χ3n) is 3.67. The fraction of sp³-hybridized carbons (Fsp3) is 0.769. The van der Waals surface area contributed by atoms with Crippen LogP contribution in [0.5, 0.6) is 6.01 Å². The van der Waals surface area contributed by atoms with Gasteiger partial charge in [0.2, 0.25) is 11.2 Å². The van der Waals surface area contributed by atoms with E-state index < -0.39 is 0 Å². The van der Waals surface area contributed by atoms with Gasteiger partial charge in [0.25, 0.3) is 0 Å². The van der Waals surface area contributed by atoms with Gasteiger partial charge in [-0.25, -0.2) is 0 Å². The van der Waals surface area contributed by atoms with Crippen LogP contribution in [0.3, 0.4) is 0 Å². The summed E-state index contributed by atoms with van der Waals surface area (Å²) in [5.74, 6) is 0.503. The first-order chi connectivity index (χ1) is 9.01. The highest BCUT2D eigenvalue weighted by atomic mass is 35.5. The molecule has 1 aliphatic rings. The quantitative estimate of drug-likeness (QED) is 0.919. The highest BCUT2D eigenvalue weighted by Gasteiger charge is 2.32. The van der Waals surface area contributed by atoms with Gasteiger partial charge in [-0.3, -0.25) is 0 Å². The zero-order valence-electron chi connectivity index (χ0n) is 11.7. The van der Waals surface area contributed by atoms with Gasteiger partial charge in [0.1, 0.15) is 0 Å². The molecule has 1 aliphatic carbocycles. The molecule has 2 rings (SSSR count). The third-order valence-corrected chi connectivity index (χ3v) is 3.84. The van der Waals surface area contributed by atoms with Gasteiger partial charge in [0.05, 0.1) is 6.61 Å². The van der Waals surface area contributed by atoms with Crippen molar-refractivity contribution in [1.29, 1.82) is 0 Å². The molecule has 0 saturated heterocycles. The summed E-state index contributed by atoms with van der Waals surface area (Å²) >= 11 is 5.89. The van der Waals surface area contributed by atoms with Crippen LogP contribution in [0.4, 0.5) is 5.95 Å². The lowest BCUT2D eigenvalue weighted by atomic mass is 9.73. The molecule has 6 heteroatoms. The molecule has 1 aromatic rings. The van der Waals surface area contributed by atoms with E-state index in [-0.39, 0.29) is 16.7 Å². The minimum absolute atomic E-state index is 0.162. The van der Waals surface area contributed by atoms with Crippen LogP contribution < -0.4 is 10.1 Å². The Kier molecular flexibility index (Phi) is 4.45. The number of halogens is 1. The van der Waals surface area contributed by atoms with Crippen molar-refractivity contribution in [2.24, 2.45) is 5.41 Å². The first-order valence-electron chi connectivity index (χ1n) is 6.82. The standard InChI is InChI=1S/C13H21ClN4O/c1-4-19-12-17-10(14)16-11(18-12)15-9-7-5-6-8-13(9,2)3/h9H,4-8H2,1-3H3,(H,15,16,17,18). The normalized spacial score (nSPS) is 22.0. The maximum atomic E-state index is 5.89. The monoisotopic (exact) mass is 284 g/mol. The second kappa shape index (κ2) is 5.90. The topological polar surface area (TPSA) is 59.9 Å². The minimum Gasteiger partial charge on any atom is -0.464 e. The number of ether oxygens (including phenoxy) is 1. The summed E-state index contributed by atoms with van der Waals surface area (Å²) in [5.41, 5.74) is 0.239. The highest BCUT2D eigenvalue weighted by molar-refractivity contribution is 6.28. The number of aromatic nitrogens is 3. The van der Waals surface area contributed by atoms with Crippen molar-refractivity contribution in [2.75, 3.05) is 11.9 Å². The Morgan fingerprint density at radius 2 is 2.11 bits per heavy atom. The lowest BCUT2D eigenvalue weighted by Crippen LogP contribution is -2.39. The van der Waals surface area contributed by atoms with Gasteiger partial charge in [0.15, 0.2) is 0 Å². The Balaban J connectivity index is 2.13. The smallest absolute Gasteiger partial charge is 0.322 e. The Morgan fingerprint density at radius 1 is 1.32 bits per heavy atom. The summed E-state index contributed by atoms with van der Waals surface area (Å²) in [6.45, 7) is 6.94. The molecule has 0 aromatic carbocycles. The largest absolute Gasteiger partial charge is 0.464 e. The van der Waals surface area contributed by atoms with E-state index in [1.807, 2.05) is 6.92 Å². The maximum Gasteiger partial charge on any atom is 0.322 e. The zero-order chi connectivity index (χ0) is 13.9. The van der Waals surface area contributed by atoms with E-state index in [4.69, 9.17) is 16.3 Å². The van der Waals surface area contributed by atoms with Crippen LogP contribution in [0, 0.1) is 5.41 Å². The van der Waals surface area contributed by atoms with Crippen molar-refractivity contribution < 1.29 is 4.74 Å². The molecule has 0 amide bonds. The first-order valence-corrected chi connectivity index (χ1v) is 7.20. The van der Waals surface area contributed by atoms with Crippen molar-refractivity contribution in [1.82, 2.24) is 15.0 Å². The molecule has 0 bridgehead atoms. The predicted octanol–water partition coefficient (Wildman–Crippen LogP) is 3.30.